The van der Waals surface area contributed by atoms with Gasteiger partial charge in [0.15, 0.2) is 11.6 Å². The lowest BCUT2D eigenvalue weighted by molar-refractivity contribution is -0.144. The summed E-state index contributed by atoms with van der Waals surface area (Å²) in [6.45, 7) is 1.95. The third-order valence-corrected chi connectivity index (χ3v) is 6.40. The molecule has 10 nitrogen and oxygen atoms in total. The number of carbonyl (C=O) groups is 3. The highest BCUT2D eigenvalue weighted by Gasteiger charge is 2.56. The minimum absolute atomic E-state index is 0.0435. The number of hydrogen-bond acceptors (Lipinski definition) is 7. The van der Waals surface area contributed by atoms with Gasteiger partial charge in [0.25, 0.3) is 0 Å². The van der Waals surface area contributed by atoms with Gasteiger partial charge in [-0.05, 0) is 62.2 Å². The van der Waals surface area contributed by atoms with Crippen LogP contribution in [0.2, 0.25) is 0 Å². The third-order valence-electron chi connectivity index (χ3n) is 6.40. The van der Waals surface area contributed by atoms with Crippen LogP contribution in [0.25, 0.3) is 11.3 Å². The molecule has 5 rings (SSSR count). The third kappa shape index (κ3) is 6.38. The number of anilines is 2. The molecule has 2 amide bonds. The second-order valence-corrected chi connectivity index (χ2v) is 9.35. The second kappa shape index (κ2) is 11.5. The van der Waals surface area contributed by atoms with Crippen molar-refractivity contribution in [3.8, 4) is 22.8 Å². The Morgan fingerprint density at radius 1 is 0.976 bits per heavy atom. The second-order valence-electron chi connectivity index (χ2n) is 9.35. The van der Waals surface area contributed by atoms with Crippen molar-refractivity contribution in [3.63, 3.8) is 0 Å². The van der Waals surface area contributed by atoms with E-state index in [1.54, 1.807) is 25.3 Å². The molecule has 4 aromatic rings. The summed E-state index contributed by atoms with van der Waals surface area (Å²) in [7, 11) is 0. The monoisotopic (exact) mass is 561 g/mol. The van der Waals surface area contributed by atoms with E-state index in [1.807, 2.05) is 0 Å². The molecule has 1 fully saturated rings. The van der Waals surface area contributed by atoms with Gasteiger partial charge < -0.3 is 20.1 Å². The van der Waals surface area contributed by atoms with Crippen molar-refractivity contribution < 1.29 is 32.6 Å². The van der Waals surface area contributed by atoms with Crippen LogP contribution in [0.1, 0.15) is 19.8 Å². The Morgan fingerprint density at radius 3 is 2.37 bits per heavy atom. The minimum Gasteiger partial charge on any atom is -0.465 e. The molecule has 2 N–H and O–H groups in total. The van der Waals surface area contributed by atoms with E-state index in [4.69, 9.17) is 9.47 Å². The average Bonchev–Trinajstić information content (AvgIpc) is 3.65. The highest BCUT2D eigenvalue weighted by Crippen LogP contribution is 2.47. The number of ether oxygens (including phenoxy) is 2. The van der Waals surface area contributed by atoms with E-state index in [0.717, 1.165) is 6.07 Å². The van der Waals surface area contributed by atoms with Gasteiger partial charge >= 0.3 is 5.97 Å². The van der Waals surface area contributed by atoms with Gasteiger partial charge in [0, 0.05) is 41.5 Å². The van der Waals surface area contributed by atoms with Crippen LogP contribution in [0.15, 0.2) is 73.2 Å². The molecule has 2 aromatic carbocycles. The zero-order valence-corrected chi connectivity index (χ0v) is 21.9. The Morgan fingerprint density at radius 2 is 1.68 bits per heavy atom. The molecule has 0 bridgehead atoms. The summed E-state index contributed by atoms with van der Waals surface area (Å²) < 4.78 is 40.1. The van der Waals surface area contributed by atoms with Gasteiger partial charge in [0.1, 0.15) is 23.5 Å². The zero-order chi connectivity index (χ0) is 29.0. The van der Waals surface area contributed by atoms with Crippen molar-refractivity contribution in [3.05, 3.63) is 84.8 Å². The summed E-state index contributed by atoms with van der Waals surface area (Å²) in [5.41, 5.74) is 0.363. The van der Waals surface area contributed by atoms with Gasteiger partial charge in [-0.3, -0.25) is 24.0 Å². The van der Waals surface area contributed by atoms with E-state index >= 15 is 0 Å². The Hall–Kier alpha value is -5.13. The van der Waals surface area contributed by atoms with E-state index < -0.39 is 34.8 Å². The fourth-order valence-electron chi connectivity index (χ4n) is 4.06. The van der Waals surface area contributed by atoms with Crippen molar-refractivity contribution in [1.82, 2.24) is 14.8 Å². The summed E-state index contributed by atoms with van der Waals surface area (Å²) in [5, 5.41) is 9.36. The Kier molecular flexibility index (Phi) is 7.72. The quantitative estimate of drug-likeness (QED) is 0.208. The molecule has 1 aliphatic rings. The topological polar surface area (TPSA) is 124 Å². The van der Waals surface area contributed by atoms with Crippen LogP contribution in [-0.2, 0) is 25.7 Å². The number of nitrogens with one attached hydrogen (secondary N) is 2. The van der Waals surface area contributed by atoms with E-state index in [2.05, 4.69) is 20.7 Å². The van der Waals surface area contributed by atoms with E-state index in [1.165, 1.54) is 53.5 Å². The summed E-state index contributed by atoms with van der Waals surface area (Å²) in [6, 6.07) is 12.3. The molecule has 210 valence electrons. The van der Waals surface area contributed by atoms with E-state index in [9.17, 15) is 23.2 Å². The summed E-state index contributed by atoms with van der Waals surface area (Å²) >= 11 is 0. The van der Waals surface area contributed by atoms with Crippen molar-refractivity contribution in [2.75, 3.05) is 17.2 Å². The predicted molar refractivity (Wildman–Crippen MR) is 144 cm³/mol. The molecule has 0 saturated heterocycles. The average molecular weight is 562 g/mol. The molecule has 1 saturated carbocycles. The zero-order valence-electron chi connectivity index (χ0n) is 21.9. The number of esters is 1. The predicted octanol–water partition coefficient (Wildman–Crippen LogP) is 4.94. The smallest absolute Gasteiger partial charge is 0.327 e. The summed E-state index contributed by atoms with van der Waals surface area (Å²) in [5.74, 6) is -2.45. The van der Waals surface area contributed by atoms with Crippen LogP contribution < -0.4 is 15.4 Å². The maximum atomic E-state index is 14.9. The Bertz CT molecular complexity index is 1600. The summed E-state index contributed by atoms with van der Waals surface area (Å²) in [4.78, 5) is 41.6. The van der Waals surface area contributed by atoms with Gasteiger partial charge in [-0.15, -0.1) is 0 Å². The van der Waals surface area contributed by atoms with E-state index in [-0.39, 0.29) is 24.6 Å². The number of aromatic nitrogens is 3. The maximum Gasteiger partial charge on any atom is 0.327 e. The van der Waals surface area contributed by atoms with Crippen LogP contribution in [0.3, 0.4) is 0 Å². The highest BCUT2D eigenvalue weighted by atomic mass is 19.1. The standard InChI is InChI=1S/C29H25F2N5O5/c1-2-40-26(37)17-36-16-18(15-33-36)24-14-22(9-12-32-24)41-25-8-7-21(13-23(25)31)35-28(39)29(10-11-29)27(38)34-20-5-3-19(30)4-6-20/h3-9,12-16H,2,10-11,17H2,1H3,(H,34,38)(H,35,39). The number of halogens is 2. The highest BCUT2D eigenvalue weighted by molar-refractivity contribution is 6.16. The molecule has 2 aromatic heterocycles. The van der Waals surface area contributed by atoms with Crippen molar-refractivity contribution in [2.45, 2.75) is 26.3 Å². The number of carbonyl (C=O) groups excluding carboxylic acids is 3. The molecule has 0 radical (unpaired) electrons. The lowest BCUT2D eigenvalue weighted by Crippen LogP contribution is -2.35. The first-order valence-corrected chi connectivity index (χ1v) is 12.8. The number of pyridine rings is 1. The normalized spacial score (nSPS) is 13.2. The minimum atomic E-state index is -1.28. The molecule has 12 heteroatoms. The van der Waals surface area contributed by atoms with Gasteiger partial charge in [-0.1, -0.05) is 0 Å². The van der Waals surface area contributed by atoms with E-state index in [0.29, 0.717) is 35.5 Å². The molecule has 1 aliphatic carbocycles. The molecular weight excluding hydrogens is 536 g/mol. The fraction of sp³-hybridized carbons (Fsp3) is 0.207. The van der Waals surface area contributed by atoms with Crippen LogP contribution >= 0.6 is 0 Å². The first kappa shape index (κ1) is 27.4. The van der Waals surface area contributed by atoms with Crippen LogP contribution in [0.5, 0.6) is 11.5 Å². The summed E-state index contributed by atoms with van der Waals surface area (Å²) in [6.07, 6.45) is 5.33. The maximum absolute atomic E-state index is 14.9. The first-order valence-electron chi connectivity index (χ1n) is 12.8. The Balaban J connectivity index is 1.22. The lowest BCUT2D eigenvalue weighted by Gasteiger charge is -2.16. The molecule has 0 atom stereocenters. The van der Waals surface area contributed by atoms with Gasteiger partial charge in [0.2, 0.25) is 11.8 Å². The lowest BCUT2D eigenvalue weighted by atomic mass is 10.0. The molecule has 0 unspecified atom stereocenters. The largest absolute Gasteiger partial charge is 0.465 e. The molecule has 0 spiro atoms. The Labute approximate surface area is 233 Å². The number of hydrogen-bond donors (Lipinski definition) is 2. The van der Waals surface area contributed by atoms with Gasteiger partial charge in [-0.2, -0.15) is 5.10 Å². The van der Waals surface area contributed by atoms with Gasteiger partial charge in [-0.25, -0.2) is 8.78 Å². The number of benzene rings is 2. The SMILES string of the molecule is CCOC(=O)Cn1cc(-c2cc(Oc3ccc(NC(=O)C4(C(=O)Nc5ccc(F)cc5)CC4)cc3F)ccn2)cn1. The molecule has 41 heavy (non-hydrogen) atoms. The number of amides is 2. The van der Waals surface area contributed by atoms with Gasteiger partial charge in [0.05, 0.1) is 18.5 Å². The van der Waals surface area contributed by atoms with Crippen molar-refractivity contribution in [1.29, 1.82) is 0 Å². The van der Waals surface area contributed by atoms with Crippen LogP contribution in [0.4, 0.5) is 20.2 Å². The molecule has 2 heterocycles. The van der Waals surface area contributed by atoms with Crippen LogP contribution in [-0.4, -0.2) is 39.2 Å². The molecule has 0 aliphatic heterocycles. The first-order chi connectivity index (χ1) is 19.8. The molecular formula is C29H25F2N5O5. The van der Waals surface area contributed by atoms with Crippen LogP contribution in [0, 0.1) is 17.0 Å². The van der Waals surface area contributed by atoms with Crippen molar-refractivity contribution in [2.24, 2.45) is 5.41 Å². The fourth-order valence-corrected chi connectivity index (χ4v) is 4.06. The number of nitrogens with zero attached hydrogens (tertiary/aromatic N) is 3. The number of rotatable bonds is 10. The van der Waals surface area contributed by atoms with Crippen molar-refractivity contribution >= 4 is 29.2 Å².